The van der Waals surface area contributed by atoms with Crippen molar-refractivity contribution >= 4 is 17.4 Å². The minimum Gasteiger partial charge on any atom is -0.276 e. The van der Waals surface area contributed by atoms with Crippen molar-refractivity contribution in [3.8, 4) is 0 Å². The zero-order valence-corrected chi connectivity index (χ0v) is 7.04. The quantitative estimate of drug-likeness (QED) is 0.629. The van der Waals surface area contributed by atoms with E-state index >= 15 is 0 Å². The highest BCUT2D eigenvalue weighted by Gasteiger charge is 1.99. The Morgan fingerprint density at radius 1 is 1.45 bits per heavy atom. The van der Waals surface area contributed by atoms with Crippen LogP contribution in [0.25, 0.3) is 0 Å². The number of hydroxylamine groups is 1. The average molecular weight is 174 g/mol. The number of hydrogen-bond donors (Lipinski definition) is 0. The summed E-state index contributed by atoms with van der Waals surface area (Å²) in [6, 6.07) is 3.37. The van der Waals surface area contributed by atoms with Gasteiger partial charge in [0.15, 0.2) is 11.0 Å². The Balaban J connectivity index is 2.81. The smallest absolute Gasteiger partial charge is 0.174 e. The highest BCUT2D eigenvalue weighted by atomic mass is 35.5. The van der Waals surface area contributed by atoms with Crippen molar-refractivity contribution in [3.05, 3.63) is 17.3 Å². The molecule has 0 saturated carbocycles. The van der Waals surface area contributed by atoms with E-state index in [1.54, 1.807) is 26.3 Å². The van der Waals surface area contributed by atoms with E-state index in [1.165, 1.54) is 5.06 Å². The molecule has 0 saturated heterocycles. The lowest BCUT2D eigenvalue weighted by atomic mass is 10.5. The monoisotopic (exact) mass is 173 g/mol. The van der Waals surface area contributed by atoms with Crippen molar-refractivity contribution in [2.24, 2.45) is 0 Å². The normalized spacial score (nSPS) is 9.73. The van der Waals surface area contributed by atoms with Gasteiger partial charge in [0.05, 0.1) is 7.11 Å². The molecule has 1 heterocycles. The maximum atomic E-state index is 5.53. The Labute approximate surface area is 69.7 Å². The van der Waals surface area contributed by atoms with Gasteiger partial charge in [0.25, 0.3) is 0 Å². The molecular formula is C6H8ClN3O. The summed E-state index contributed by atoms with van der Waals surface area (Å²) in [5.41, 5.74) is 0. The van der Waals surface area contributed by atoms with Crippen LogP contribution in [0.1, 0.15) is 0 Å². The third-order valence-corrected chi connectivity index (χ3v) is 1.42. The van der Waals surface area contributed by atoms with Gasteiger partial charge in [-0.2, -0.15) is 0 Å². The molecule has 1 aromatic rings. The van der Waals surface area contributed by atoms with E-state index in [-0.39, 0.29) is 0 Å². The number of halogens is 1. The summed E-state index contributed by atoms with van der Waals surface area (Å²) in [5, 5.41) is 9.27. The average Bonchev–Trinajstić information content (AvgIpc) is 2.05. The number of hydrogen-bond acceptors (Lipinski definition) is 4. The third-order valence-electron chi connectivity index (χ3n) is 1.21. The Hall–Kier alpha value is -0.870. The van der Waals surface area contributed by atoms with Crippen LogP contribution in [0.5, 0.6) is 0 Å². The van der Waals surface area contributed by atoms with Gasteiger partial charge in [-0.15, -0.1) is 10.2 Å². The maximum Gasteiger partial charge on any atom is 0.174 e. The van der Waals surface area contributed by atoms with Gasteiger partial charge in [0.1, 0.15) is 0 Å². The fourth-order valence-corrected chi connectivity index (χ4v) is 0.671. The fraction of sp³-hybridized carbons (Fsp3) is 0.333. The highest BCUT2D eigenvalue weighted by molar-refractivity contribution is 6.29. The first kappa shape index (κ1) is 8.23. The standard InChI is InChI=1S/C6H8ClN3O/c1-10(11-2)6-4-3-5(7)8-9-6/h3-4H,1-2H3. The lowest BCUT2D eigenvalue weighted by molar-refractivity contribution is 0.182. The van der Waals surface area contributed by atoms with Gasteiger partial charge in [-0.1, -0.05) is 11.6 Å². The summed E-state index contributed by atoms with van der Waals surface area (Å²) in [6.07, 6.45) is 0. The molecule has 0 spiro atoms. The van der Waals surface area contributed by atoms with Gasteiger partial charge < -0.3 is 0 Å². The van der Waals surface area contributed by atoms with Crippen LogP contribution in [-0.2, 0) is 4.84 Å². The Morgan fingerprint density at radius 3 is 2.64 bits per heavy atom. The van der Waals surface area contributed by atoms with Gasteiger partial charge >= 0.3 is 0 Å². The number of aromatic nitrogens is 2. The molecule has 0 aliphatic heterocycles. The summed E-state index contributed by atoms with van der Waals surface area (Å²) >= 11 is 5.53. The third kappa shape index (κ3) is 2.03. The van der Waals surface area contributed by atoms with Crippen LogP contribution in [-0.4, -0.2) is 24.4 Å². The molecule has 4 nitrogen and oxygen atoms in total. The SMILES string of the molecule is CON(C)c1ccc(Cl)nn1. The van der Waals surface area contributed by atoms with Crippen LogP contribution in [0.2, 0.25) is 5.15 Å². The molecule has 1 aromatic heterocycles. The van der Waals surface area contributed by atoms with E-state index in [0.29, 0.717) is 11.0 Å². The molecule has 0 aromatic carbocycles. The van der Waals surface area contributed by atoms with Crippen molar-refractivity contribution in [1.29, 1.82) is 0 Å². The summed E-state index contributed by atoms with van der Waals surface area (Å²) < 4.78 is 0. The molecule has 0 aliphatic rings. The van der Waals surface area contributed by atoms with Crippen molar-refractivity contribution in [2.75, 3.05) is 19.2 Å². The van der Waals surface area contributed by atoms with Crippen LogP contribution < -0.4 is 5.06 Å². The molecule has 0 N–H and O–H groups in total. The molecule has 5 heteroatoms. The zero-order chi connectivity index (χ0) is 8.27. The minimum atomic E-state index is 0.373. The summed E-state index contributed by atoms with van der Waals surface area (Å²) in [4.78, 5) is 4.86. The molecule has 11 heavy (non-hydrogen) atoms. The summed E-state index contributed by atoms with van der Waals surface area (Å²) in [7, 11) is 3.29. The second kappa shape index (κ2) is 3.50. The van der Waals surface area contributed by atoms with Crippen LogP contribution in [0, 0.1) is 0 Å². The molecule has 0 bridgehead atoms. The van der Waals surface area contributed by atoms with Crippen molar-refractivity contribution < 1.29 is 4.84 Å². The van der Waals surface area contributed by atoms with Crippen LogP contribution in [0.4, 0.5) is 5.82 Å². The minimum absolute atomic E-state index is 0.373. The molecule has 0 aliphatic carbocycles. The second-order valence-electron chi connectivity index (χ2n) is 1.89. The molecule has 60 valence electrons. The number of anilines is 1. The first-order valence-corrected chi connectivity index (χ1v) is 3.39. The molecular weight excluding hydrogens is 166 g/mol. The largest absolute Gasteiger partial charge is 0.276 e. The summed E-state index contributed by atoms with van der Waals surface area (Å²) in [5.74, 6) is 0.622. The van der Waals surface area contributed by atoms with E-state index in [0.717, 1.165) is 0 Å². The molecule has 0 unspecified atom stereocenters. The van der Waals surface area contributed by atoms with Crippen LogP contribution >= 0.6 is 11.6 Å². The first-order chi connectivity index (χ1) is 5.24. The van der Waals surface area contributed by atoms with E-state index in [1.807, 2.05) is 0 Å². The van der Waals surface area contributed by atoms with Gasteiger partial charge in [-0.25, -0.2) is 5.06 Å². The predicted molar refractivity (Wildman–Crippen MR) is 42.5 cm³/mol. The second-order valence-corrected chi connectivity index (χ2v) is 2.28. The summed E-state index contributed by atoms with van der Waals surface area (Å²) in [6.45, 7) is 0. The number of nitrogens with zero attached hydrogens (tertiary/aromatic N) is 3. The Morgan fingerprint density at radius 2 is 2.18 bits per heavy atom. The Bertz CT molecular complexity index is 226. The van der Waals surface area contributed by atoms with Gasteiger partial charge in [-0.3, -0.25) is 4.84 Å². The molecule has 0 atom stereocenters. The van der Waals surface area contributed by atoms with Gasteiger partial charge in [0.2, 0.25) is 0 Å². The van der Waals surface area contributed by atoms with Gasteiger partial charge in [0, 0.05) is 7.05 Å². The maximum absolute atomic E-state index is 5.53. The molecule has 0 fully saturated rings. The predicted octanol–water partition coefficient (Wildman–Crippen LogP) is 1.13. The van der Waals surface area contributed by atoms with Gasteiger partial charge in [-0.05, 0) is 12.1 Å². The number of rotatable bonds is 2. The molecule has 0 amide bonds. The van der Waals surface area contributed by atoms with E-state index < -0.39 is 0 Å². The van der Waals surface area contributed by atoms with Crippen LogP contribution in [0.15, 0.2) is 12.1 Å². The lowest BCUT2D eigenvalue weighted by Crippen LogP contribution is -2.16. The van der Waals surface area contributed by atoms with Crippen molar-refractivity contribution in [1.82, 2.24) is 10.2 Å². The molecule has 0 radical (unpaired) electrons. The van der Waals surface area contributed by atoms with E-state index in [9.17, 15) is 0 Å². The van der Waals surface area contributed by atoms with E-state index in [4.69, 9.17) is 16.4 Å². The van der Waals surface area contributed by atoms with Crippen molar-refractivity contribution in [2.45, 2.75) is 0 Å². The fourth-order valence-electron chi connectivity index (χ4n) is 0.570. The zero-order valence-electron chi connectivity index (χ0n) is 6.28. The van der Waals surface area contributed by atoms with E-state index in [2.05, 4.69) is 10.2 Å². The van der Waals surface area contributed by atoms with Crippen molar-refractivity contribution in [3.63, 3.8) is 0 Å². The first-order valence-electron chi connectivity index (χ1n) is 3.01. The lowest BCUT2D eigenvalue weighted by Gasteiger charge is -2.12. The molecule has 1 rings (SSSR count). The Kier molecular flexibility index (Phi) is 2.62. The highest BCUT2D eigenvalue weighted by Crippen LogP contribution is 2.09. The topological polar surface area (TPSA) is 38.2 Å². The van der Waals surface area contributed by atoms with Crippen LogP contribution in [0.3, 0.4) is 0 Å².